The second-order valence-electron chi connectivity index (χ2n) is 8.34. The molecule has 1 saturated carbocycles. The molecule has 1 N–H and O–H groups in total. The first-order valence-electron chi connectivity index (χ1n) is 10.6. The normalized spacial score (nSPS) is 17.1. The summed E-state index contributed by atoms with van der Waals surface area (Å²) in [6.07, 6.45) is 2.49. The number of aromatic nitrogens is 2. The number of amides is 2. The van der Waals surface area contributed by atoms with Gasteiger partial charge in [-0.25, -0.2) is 4.68 Å². The van der Waals surface area contributed by atoms with Gasteiger partial charge < -0.3 is 10.2 Å². The van der Waals surface area contributed by atoms with E-state index >= 15 is 0 Å². The highest BCUT2D eigenvalue weighted by Crippen LogP contribution is 2.26. The summed E-state index contributed by atoms with van der Waals surface area (Å²) in [5.41, 5.74) is 3.49. The molecular weight excluding hydrogens is 437 g/mol. The molecule has 0 radical (unpaired) electrons. The third-order valence-corrected chi connectivity index (χ3v) is 6.69. The number of hydrogen-bond donors (Lipinski definition) is 1. The van der Waals surface area contributed by atoms with Gasteiger partial charge in [0.1, 0.15) is 0 Å². The Morgan fingerprint density at radius 2 is 1.81 bits per heavy atom. The molecule has 9 heteroatoms. The van der Waals surface area contributed by atoms with Crippen LogP contribution in [0.15, 0.2) is 18.2 Å². The first-order chi connectivity index (χ1) is 14.8. The molecular formula is C22H27Cl2N5O2. The third-order valence-electron chi connectivity index (χ3n) is 5.95. The lowest BCUT2D eigenvalue weighted by Crippen LogP contribution is -2.51. The van der Waals surface area contributed by atoms with Gasteiger partial charge in [-0.15, -0.1) is 0 Å². The molecule has 31 heavy (non-hydrogen) atoms. The number of carbonyl (C=O) groups excluding carboxylic acids is 2. The van der Waals surface area contributed by atoms with E-state index in [1.54, 1.807) is 16.8 Å². The molecule has 2 heterocycles. The van der Waals surface area contributed by atoms with Crippen molar-refractivity contribution in [1.29, 1.82) is 0 Å². The van der Waals surface area contributed by atoms with Crippen molar-refractivity contribution in [2.75, 3.05) is 32.7 Å². The van der Waals surface area contributed by atoms with Crippen LogP contribution in [0.3, 0.4) is 0 Å². The molecule has 2 aliphatic rings. The SMILES string of the molecule is Cc1nn(-c2ccc(Cl)c(Cl)c2)c(C)c1CC(=O)N1CCN(CC(=O)NC2CC2)CC1. The molecule has 166 valence electrons. The summed E-state index contributed by atoms with van der Waals surface area (Å²) in [4.78, 5) is 28.9. The summed E-state index contributed by atoms with van der Waals surface area (Å²) in [7, 11) is 0. The van der Waals surface area contributed by atoms with Gasteiger partial charge in [-0.2, -0.15) is 5.10 Å². The van der Waals surface area contributed by atoms with E-state index in [4.69, 9.17) is 23.2 Å². The van der Waals surface area contributed by atoms with Crippen LogP contribution in [0.2, 0.25) is 10.0 Å². The zero-order chi connectivity index (χ0) is 22.1. The summed E-state index contributed by atoms with van der Waals surface area (Å²) in [5.74, 6) is 0.171. The fourth-order valence-electron chi connectivity index (χ4n) is 3.92. The number of halogens is 2. The van der Waals surface area contributed by atoms with Crippen LogP contribution in [0.25, 0.3) is 5.69 Å². The van der Waals surface area contributed by atoms with Gasteiger partial charge in [-0.1, -0.05) is 23.2 Å². The van der Waals surface area contributed by atoms with E-state index < -0.39 is 0 Å². The average Bonchev–Trinajstić information content (AvgIpc) is 3.51. The largest absolute Gasteiger partial charge is 0.352 e. The van der Waals surface area contributed by atoms with Crippen molar-refractivity contribution in [1.82, 2.24) is 24.9 Å². The van der Waals surface area contributed by atoms with Crippen molar-refractivity contribution in [2.24, 2.45) is 0 Å². The lowest BCUT2D eigenvalue weighted by atomic mass is 10.1. The Kier molecular flexibility index (Phi) is 6.55. The molecule has 1 aromatic heterocycles. The van der Waals surface area contributed by atoms with E-state index in [0.29, 0.717) is 55.2 Å². The number of carbonyl (C=O) groups is 2. The molecule has 0 unspecified atom stereocenters. The predicted molar refractivity (Wildman–Crippen MR) is 121 cm³/mol. The Bertz CT molecular complexity index is 994. The number of benzene rings is 1. The minimum atomic E-state index is 0.0852. The molecule has 4 rings (SSSR count). The van der Waals surface area contributed by atoms with Gasteiger partial charge in [0.15, 0.2) is 0 Å². The number of nitrogens with zero attached hydrogens (tertiary/aromatic N) is 4. The quantitative estimate of drug-likeness (QED) is 0.714. The van der Waals surface area contributed by atoms with Crippen LogP contribution < -0.4 is 5.32 Å². The molecule has 2 fully saturated rings. The van der Waals surface area contributed by atoms with Crippen molar-refractivity contribution < 1.29 is 9.59 Å². The van der Waals surface area contributed by atoms with Crippen LogP contribution in [0.5, 0.6) is 0 Å². The smallest absolute Gasteiger partial charge is 0.234 e. The van der Waals surface area contributed by atoms with Gasteiger partial charge in [-0.05, 0) is 44.9 Å². The van der Waals surface area contributed by atoms with Crippen molar-refractivity contribution in [3.8, 4) is 5.69 Å². The standard InChI is InChI=1S/C22H27Cl2N5O2/c1-14-18(15(2)29(26-14)17-5-6-19(23)20(24)11-17)12-22(31)28-9-7-27(8-10-28)13-21(30)25-16-3-4-16/h5-6,11,16H,3-4,7-10,12-13H2,1-2H3,(H,25,30). The van der Waals surface area contributed by atoms with Gasteiger partial charge in [-0.3, -0.25) is 14.5 Å². The second kappa shape index (κ2) is 9.18. The third kappa shape index (κ3) is 5.22. The number of hydrogen-bond acceptors (Lipinski definition) is 4. The molecule has 1 aliphatic carbocycles. The molecule has 1 saturated heterocycles. The molecule has 1 aromatic carbocycles. The maximum absolute atomic E-state index is 13.0. The molecule has 0 bridgehead atoms. The molecule has 0 atom stereocenters. The van der Waals surface area contributed by atoms with Gasteiger partial charge in [0.05, 0.1) is 34.4 Å². The summed E-state index contributed by atoms with van der Waals surface area (Å²) >= 11 is 12.2. The van der Waals surface area contributed by atoms with Gasteiger partial charge in [0.25, 0.3) is 0 Å². The van der Waals surface area contributed by atoms with E-state index in [2.05, 4.69) is 15.3 Å². The van der Waals surface area contributed by atoms with E-state index in [1.165, 1.54) is 0 Å². The van der Waals surface area contributed by atoms with E-state index in [-0.39, 0.29) is 11.8 Å². The monoisotopic (exact) mass is 463 g/mol. The second-order valence-corrected chi connectivity index (χ2v) is 9.15. The van der Waals surface area contributed by atoms with Crippen LogP contribution in [-0.2, 0) is 16.0 Å². The summed E-state index contributed by atoms with van der Waals surface area (Å²) in [6, 6.07) is 5.75. The zero-order valence-corrected chi connectivity index (χ0v) is 19.3. The van der Waals surface area contributed by atoms with Crippen LogP contribution in [0.1, 0.15) is 29.8 Å². The fraction of sp³-hybridized carbons (Fsp3) is 0.500. The van der Waals surface area contributed by atoms with Gasteiger partial charge in [0, 0.05) is 43.5 Å². The van der Waals surface area contributed by atoms with Crippen LogP contribution >= 0.6 is 23.2 Å². The van der Waals surface area contributed by atoms with E-state index in [9.17, 15) is 9.59 Å². The number of piperazine rings is 1. The topological polar surface area (TPSA) is 70.5 Å². The lowest BCUT2D eigenvalue weighted by molar-refractivity contribution is -0.132. The van der Waals surface area contributed by atoms with Crippen molar-refractivity contribution in [3.05, 3.63) is 45.2 Å². The number of rotatable bonds is 6. The summed E-state index contributed by atoms with van der Waals surface area (Å²) in [6.45, 7) is 6.98. The first-order valence-corrected chi connectivity index (χ1v) is 11.4. The Labute approximate surface area is 192 Å². The van der Waals surface area contributed by atoms with E-state index in [0.717, 1.165) is 35.5 Å². The van der Waals surface area contributed by atoms with Crippen LogP contribution in [0.4, 0.5) is 0 Å². The summed E-state index contributed by atoms with van der Waals surface area (Å²) < 4.78 is 1.80. The maximum atomic E-state index is 13.0. The highest BCUT2D eigenvalue weighted by atomic mass is 35.5. The zero-order valence-electron chi connectivity index (χ0n) is 17.8. The molecule has 2 aromatic rings. The number of nitrogens with one attached hydrogen (secondary N) is 1. The minimum Gasteiger partial charge on any atom is -0.352 e. The van der Waals surface area contributed by atoms with Gasteiger partial charge in [0.2, 0.25) is 11.8 Å². The Balaban J connectivity index is 1.36. The minimum absolute atomic E-state index is 0.0852. The lowest BCUT2D eigenvalue weighted by Gasteiger charge is -2.34. The van der Waals surface area contributed by atoms with Crippen molar-refractivity contribution in [3.63, 3.8) is 0 Å². The molecule has 7 nitrogen and oxygen atoms in total. The highest BCUT2D eigenvalue weighted by Gasteiger charge is 2.27. The van der Waals surface area contributed by atoms with Crippen LogP contribution in [0, 0.1) is 13.8 Å². The van der Waals surface area contributed by atoms with E-state index in [1.807, 2.05) is 24.8 Å². The molecule has 2 amide bonds. The van der Waals surface area contributed by atoms with Gasteiger partial charge >= 0.3 is 0 Å². The maximum Gasteiger partial charge on any atom is 0.234 e. The van der Waals surface area contributed by atoms with Crippen molar-refractivity contribution >= 4 is 35.0 Å². The fourth-order valence-corrected chi connectivity index (χ4v) is 4.21. The average molecular weight is 464 g/mol. The van der Waals surface area contributed by atoms with Crippen LogP contribution in [-0.4, -0.2) is 70.2 Å². The predicted octanol–water partition coefficient (Wildman–Crippen LogP) is 2.76. The Hall–Kier alpha value is -2.09. The first kappa shape index (κ1) is 22.1. The van der Waals surface area contributed by atoms with Crippen molar-refractivity contribution in [2.45, 2.75) is 39.2 Å². The molecule has 1 aliphatic heterocycles. The summed E-state index contributed by atoms with van der Waals surface area (Å²) in [5, 5.41) is 8.59. The molecule has 0 spiro atoms. The number of aryl methyl sites for hydroxylation is 1. The Morgan fingerprint density at radius 1 is 1.10 bits per heavy atom. The Morgan fingerprint density at radius 3 is 2.45 bits per heavy atom. The highest BCUT2D eigenvalue weighted by molar-refractivity contribution is 6.42.